The fourth-order valence-electron chi connectivity index (χ4n) is 3.01. The topological polar surface area (TPSA) is 75.7 Å². The quantitative estimate of drug-likeness (QED) is 0.574. The minimum absolute atomic E-state index is 0.159. The van der Waals surface area contributed by atoms with Crippen molar-refractivity contribution in [2.24, 2.45) is 5.92 Å². The smallest absolute Gasteiger partial charge is 0.241 e. The van der Waals surface area contributed by atoms with Crippen molar-refractivity contribution in [2.45, 2.75) is 26.3 Å². The van der Waals surface area contributed by atoms with Crippen molar-refractivity contribution in [3.8, 4) is 5.75 Å². The molecule has 0 aromatic heterocycles. The first-order valence-electron chi connectivity index (χ1n) is 9.37. The Labute approximate surface area is 188 Å². The summed E-state index contributed by atoms with van der Waals surface area (Å²) < 4.78 is 30.9. The lowest BCUT2D eigenvalue weighted by molar-refractivity contribution is -0.120. The first kappa shape index (κ1) is 24.3. The van der Waals surface area contributed by atoms with Crippen LogP contribution >= 0.6 is 23.2 Å². The van der Waals surface area contributed by atoms with Gasteiger partial charge >= 0.3 is 0 Å². The van der Waals surface area contributed by atoms with Crippen LogP contribution in [0.15, 0.2) is 42.5 Å². The van der Waals surface area contributed by atoms with E-state index in [1.807, 2.05) is 24.3 Å². The molecule has 0 unspecified atom stereocenters. The molecule has 0 bridgehead atoms. The van der Waals surface area contributed by atoms with E-state index in [-0.39, 0.29) is 16.8 Å². The van der Waals surface area contributed by atoms with Gasteiger partial charge in [0.1, 0.15) is 12.3 Å². The summed E-state index contributed by atoms with van der Waals surface area (Å²) in [6.45, 7) is 3.69. The Morgan fingerprint density at radius 2 is 1.77 bits per heavy atom. The van der Waals surface area contributed by atoms with Crippen LogP contribution in [0.25, 0.3) is 0 Å². The van der Waals surface area contributed by atoms with Gasteiger partial charge in [-0.2, -0.15) is 0 Å². The van der Waals surface area contributed by atoms with Crippen LogP contribution in [0.4, 0.5) is 5.69 Å². The second kappa shape index (κ2) is 10.4. The molecule has 1 atom stereocenters. The molecular weight excluding hydrogens is 447 g/mol. The molecule has 2 aromatic rings. The highest BCUT2D eigenvalue weighted by atomic mass is 35.5. The van der Waals surface area contributed by atoms with Crippen LogP contribution in [0.2, 0.25) is 10.0 Å². The van der Waals surface area contributed by atoms with Crippen LogP contribution in [0.3, 0.4) is 0 Å². The Hall–Kier alpha value is -1.96. The molecule has 30 heavy (non-hydrogen) atoms. The zero-order valence-corrected chi connectivity index (χ0v) is 19.7. The summed E-state index contributed by atoms with van der Waals surface area (Å²) in [7, 11) is -2.19. The van der Waals surface area contributed by atoms with E-state index in [1.54, 1.807) is 13.2 Å². The molecule has 164 valence electrons. The molecule has 2 rings (SSSR count). The highest BCUT2D eigenvalue weighted by Crippen LogP contribution is 2.31. The number of methoxy groups -OCH3 is 1. The molecule has 2 aromatic carbocycles. The van der Waals surface area contributed by atoms with Crippen molar-refractivity contribution in [3.63, 3.8) is 0 Å². The second-order valence-corrected chi connectivity index (χ2v) is 10.1. The van der Waals surface area contributed by atoms with E-state index in [2.05, 4.69) is 19.2 Å². The predicted molar refractivity (Wildman–Crippen MR) is 122 cm³/mol. The van der Waals surface area contributed by atoms with E-state index in [9.17, 15) is 13.2 Å². The maximum absolute atomic E-state index is 12.8. The third-order valence-corrected chi connectivity index (χ3v) is 6.11. The number of amides is 1. The number of benzene rings is 2. The van der Waals surface area contributed by atoms with Crippen molar-refractivity contribution in [1.29, 1.82) is 0 Å². The number of rotatable bonds is 9. The highest BCUT2D eigenvalue weighted by molar-refractivity contribution is 7.92. The summed E-state index contributed by atoms with van der Waals surface area (Å²) in [4.78, 5) is 12.8. The number of hydrogen-bond donors (Lipinski definition) is 1. The van der Waals surface area contributed by atoms with Crippen LogP contribution in [0.5, 0.6) is 5.75 Å². The van der Waals surface area contributed by atoms with Crippen molar-refractivity contribution >= 4 is 44.8 Å². The summed E-state index contributed by atoms with van der Waals surface area (Å²) in [6, 6.07) is 11.6. The van der Waals surface area contributed by atoms with Crippen molar-refractivity contribution in [3.05, 3.63) is 58.1 Å². The fraction of sp³-hybridized carbons (Fsp3) is 0.381. The number of anilines is 1. The van der Waals surface area contributed by atoms with Gasteiger partial charge < -0.3 is 10.1 Å². The van der Waals surface area contributed by atoms with Crippen LogP contribution in [0.1, 0.15) is 31.9 Å². The van der Waals surface area contributed by atoms with Gasteiger partial charge in [-0.25, -0.2) is 8.42 Å². The summed E-state index contributed by atoms with van der Waals surface area (Å²) >= 11 is 12.2. The zero-order valence-electron chi connectivity index (χ0n) is 17.4. The molecule has 0 heterocycles. The number of nitrogens with zero attached hydrogens (tertiary/aromatic N) is 1. The number of nitrogens with one attached hydrogen (secondary N) is 1. The number of ether oxygens (including phenoxy) is 1. The maximum atomic E-state index is 12.8. The molecule has 0 aliphatic carbocycles. The van der Waals surface area contributed by atoms with Crippen molar-refractivity contribution < 1.29 is 17.9 Å². The molecule has 1 amide bonds. The fourth-order valence-corrected chi connectivity index (χ4v) is 4.31. The van der Waals surface area contributed by atoms with E-state index < -0.39 is 22.5 Å². The van der Waals surface area contributed by atoms with Crippen LogP contribution in [0, 0.1) is 5.92 Å². The summed E-state index contributed by atoms with van der Waals surface area (Å²) in [5, 5.41) is 3.45. The van der Waals surface area contributed by atoms with Crippen molar-refractivity contribution in [1.82, 2.24) is 5.32 Å². The van der Waals surface area contributed by atoms with Gasteiger partial charge in [0.05, 0.1) is 30.1 Å². The van der Waals surface area contributed by atoms with Crippen molar-refractivity contribution in [2.75, 3.05) is 24.2 Å². The van der Waals surface area contributed by atoms with Gasteiger partial charge in [0, 0.05) is 5.02 Å². The van der Waals surface area contributed by atoms with Gasteiger partial charge in [-0.15, -0.1) is 0 Å². The van der Waals surface area contributed by atoms with Crippen LogP contribution in [-0.2, 0) is 14.8 Å². The first-order valence-corrected chi connectivity index (χ1v) is 12.0. The third-order valence-electron chi connectivity index (χ3n) is 4.42. The van der Waals surface area contributed by atoms with E-state index >= 15 is 0 Å². The lowest BCUT2D eigenvalue weighted by Crippen LogP contribution is -2.42. The Morgan fingerprint density at radius 3 is 2.30 bits per heavy atom. The summed E-state index contributed by atoms with van der Waals surface area (Å²) in [5.74, 6) is 0.580. The van der Waals surface area contributed by atoms with E-state index in [4.69, 9.17) is 27.9 Å². The minimum atomic E-state index is -3.77. The Kier molecular flexibility index (Phi) is 8.41. The van der Waals surface area contributed by atoms with Crippen LogP contribution < -0.4 is 14.4 Å². The van der Waals surface area contributed by atoms with Gasteiger partial charge in [0.25, 0.3) is 0 Å². The predicted octanol–water partition coefficient (Wildman–Crippen LogP) is 4.67. The lowest BCUT2D eigenvalue weighted by Gasteiger charge is -2.26. The van der Waals surface area contributed by atoms with Gasteiger partial charge in [0.15, 0.2) is 0 Å². The molecule has 0 aliphatic rings. The number of hydrogen-bond acceptors (Lipinski definition) is 4. The largest absolute Gasteiger partial charge is 0.497 e. The highest BCUT2D eigenvalue weighted by Gasteiger charge is 2.25. The number of sulfonamides is 1. The molecule has 1 N–H and O–H groups in total. The first-order chi connectivity index (χ1) is 14.0. The molecule has 0 radical (unpaired) electrons. The van der Waals surface area contributed by atoms with Crippen LogP contribution in [-0.4, -0.2) is 34.2 Å². The minimum Gasteiger partial charge on any atom is -0.497 e. The van der Waals surface area contributed by atoms with Gasteiger partial charge in [-0.05, 0) is 48.2 Å². The Bertz CT molecular complexity index is 979. The SMILES string of the molecule is COc1ccc([C@@H](CC(C)C)NC(=O)CN(c2cc(Cl)ccc2Cl)S(C)(=O)=O)cc1. The van der Waals surface area contributed by atoms with Gasteiger partial charge in [0.2, 0.25) is 15.9 Å². The molecule has 9 heteroatoms. The standard InChI is InChI=1S/C21H26Cl2N2O4S/c1-14(2)11-19(15-5-8-17(29-3)9-6-15)24-21(26)13-25(30(4,27)28)20-12-16(22)7-10-18(20)23/h5-10,12,14,19H,11,13H2,1-4H3,(H,24,26)/t19-/m1/s1. The monoisotopic (exact) mass is 472 g/mol. The van der Waals surface area contributed by atoms with Gasteiger partial charge in [-0.3, -0.25) is 9.10 Å². The molecule has 0 saturated heterocycles. The zero-order chi connectivity index (χ0) is 22.5. The molecule has 0 spiro atoms. The summed E-state index contributed by atoms with van der Waals surface area (Å²) in [6.07, 6.45) is 1.71. The molecular formula is C21H26Cl2N2O4S. The molecule has 6 nitrogen and oxygen atoms in total. The second-order valence-electron chi connectivity index (χ2n) is 7.39. The van der Waals surface area contributed by atoms with E-state index in [1.165, 1.54) is 12.1 Å². The number of carbonyl (C=O) groups excluding carboxylic acids is 1. The normalized spacial score (nSPS) is 12.5. The Balaban J connectivity index is 2.27. The number of halogens is 2. The molecule has 0 fully saturated rings. The van der Waals surface area contributed by atoms with E-state index in [0.29, 0.717) is 23.1 Å². The maximum Gasteiger partial charge on any atom is 0.241 e. The third kappa shape index (κ3) is 6.79. The van der Waals surface area contributed by atoms with Gasteiger partial charge in [-0.1, -0.05) is 49.2 Å². The number of carbonyl (C=O) groups is 1. The van der Waals surface area contributed by atoms with E-state index in [0.717, 1.165) is 16.1 Å². The Morgan fingerprint density at radius 1 is 1.13 bits per heavy atom. The summed E-state index contributed by atoms with van der Waals surface area (Å²) in [5.41, 5.74) is 1.07. The average Bonchev–Trinajstić information content (AvgIpc) is 2.66. The average molecular weight is 473 g/mol. The molecule has 0 aliphatic heterocycles. The lowest BCUT2D eigenvalue weighted by atomic mass is 9.97. The molecule has 0 saturated carbocycles.